The zero-order valence-corrected chi connectivity index (χ0v) is 11.3. The molecule has 0 bridgehead atoms. The molecule has 3 nitrogen and oxygen atoms in total. The Hall–Kier alpha value is -2.94. The van der Waals surface area contributed by atoms with E-state index in [1.807, 2.05) is 61.2 Å². The lowest BCUT2D eigenvalue weighted by atomic mass is 10.2. The van der Waals surface area contributed by atoms with Crippen molar-refractivity contribution in [3.05, 3.63) is 79.4 Å². The van der Waals surface area contributed by atoms with E-state index in [-0.39, 0.29) is 0 Å². The first kappa shape index (κ1) is 11.9. The normalized spacial score (nSPS) is 10.9. The molecule has 0 spiro atoms. The molecule has 21 heavy (non-hydrogen) atoms. The average Bonchev–Trinajstić information content (AvgIpc) is 2.96. The van der Waals surface area contributed by atoms with Gasteiger partial charge in [0.1, 0.15) is 0 Å². The van der Waals surface area contributed by atoms with Gasteiger partial charge < -0.3 is 4.57 Å². The second-order valence-corrected chi connectivity index (χ2v) is 4.87. The third-order valence-corrected chi connectivity index (χ3v) is 3.60. The van der Waals surface area contributed by atoms with E-state index in [0.717, 1.165) is 22.5 Å². The summed E-state index contributed by atoms with van der Waals surface area (Å²) in [4.78, 5) is 8.38. The topological polar surface area (TPSA) is 30.7 Å². The molecule has 0 aliphatic heterocycles. The molecule has 3 aromatic heterocycles. The summed E-state index contributed by atoms with van der Waals surface area (Å²) in [5.41, 5.74) is 4.53. The highest BCUT2D eigenvalue weighted by Crippen LogP contribution is 2.30. The molecule has 0 aliphatic rings. The van der Waals surface area contributed by atoms with Crippen molar-refractivity contribution in [1.82, 2.24) is 14.5 Å². The third-order valence-electron chi connectivity index (χ3n) is 3.60. The Bertz CT molecular complexity index is 880. The number of pyridine rings is 2. The van der Waals surface area contributed by atoms with E-state index < -0.39 is 0 Å². The van der Waals surface area contributed by atoms with Crippen molar-refractivity contribution in [2.24, 2.45) is 0 Å². The minimum Gasteiger partial charge on any atom is -0.308 e. The van der Waals surface area contributed by atoms with Crippen molar-refractivity contribution in [2.75, 3.05) is 0 Å². The Morgan fingerprint density at radius 3 is 2.33 bits per heavy atom. The highest BCUT2D eigenvalue weighted by Gasteiger charge is 2.11. The van der Waals surface area contributed by atoms with E-state index in [1.165, 1.54) is 5.39 Å². The maximum absolute atomic E-state index is 4.27. The first-order valence-electron chi connectivity index (χ1n) is 6.85. The van der Waals surface area contributed by atoms with Crippen LogP contribution in [-0.2, 0) is 0 Å². The van der Waals surface area contributed by atoms with Crippen LogP contribution in [0.1, 0.15) is 0 Å². The zero-order chi connectivity index (χ0) is 14.1. The van der Waals surface area contributed by atoms with Gasteiger partial charge in [-0.15, -0.1) is 0 Å². The smallest absolute Gasteiger partial charge is 0.0718 e. The van der Waals surface area contributed by atoms with Gasteiger partial charge in [0.2, 0.25) is 0 Å². The summed E-state index contributed by atoms with van der Waals surface area (Å²) in [6, 6.07) is 18.6. The summed E-state index contributed by atoms with van der Waals surface area (Å²) < 4.78 is 2.23. The van der Waals surface area contributed by atoms with Crippen molar-refractivity contribution in [1.29, 1.82) is 0 Å². The number of hydrogen-bond acceptors (Lipinski definition) is 2. The zero-order valence-electron chi connectivity index (χ0n) is 11.3. The fraction of sp³-hybridized carbons (Fsp3) is 0. The predicted octanol–water partition coefficient (Wildman–Crippen LogP) is 4.09. The third kappa shape index (κ3) is 1.99. The Kier molecular flexibility index (Phi) is 2.75. The molecule has 0 fully saturated rings. The van der Waals surface area contributed by atoms with Crippen molar-refractivity contribution in [2.45, 2.75) is 0 Å². The fourth-order valence-electron chi connectivity index (χ4n) is 2.64. The Morgan fingerprint density at radius 2 is 1.52 bits per heavy atom. The largest absolute Gasteiger partial charge is 0.308 e. The van der Waals surface area contributed by atoms with Crippen LogP contribution in [0.25, 0.3) is 27.8 Å². The fourth-order valence-corrected chi connectivity index (χ4v) is 2.64. The molecule has 0 radical (unpaired) electrons. The number of benzene rings is 1. The first-order chi connectivity index (χ1) is 10.4. The monoisotopic (exact) mass is 271 g/mol. The van der Waals surface area contributed by atoms with Crippen LogP contribution in [0.2, 0.25) is 0 Å². The quantitative estimate of drug-likeness (QED) is 0.550. The molecule has 0 unspecified atom stereocenters. The van der Waals surface area contributed by atoms with Crippen LogP contribution in [0.4, 0.5) is 0 Å². The highest BCUT2D eigenvalue weighted by molar-refractivity contribution is 5.88. The minimum absolute atomic E-state index is 1.11. The Labute approximate surface area is 122 Å². The molecule has 0 saturated carbocycles. The summed E-state index contributed by atoms with van der Waals surface area (Å²) in [6.07, 6.45) is 7.38. The highest BCUT2D eigenvalue weighted by atomic mass is 15.0. The first-order valence-corrected chi connectivity index (χ1v) is 6.85. The second kappa shape index (κ2) is 4.87. The number of para-hydroxylation sites is 1. The van der Waals surface area contributed by atoms with E-state index in [0.29, 0.717) is 0 Å². The molecule has 4 aromatic rings. The Balaban J connectivity index is 2.07. The summed E-state index contributed by atoms with van der Waals surface area (Å²) >= 11 is 0. The van der Waals surface area contributed by atoms with Crippen LogP contribution in [0.3, 0.4) is 0 Å². The van der Waals surface area contributed by atoms with Gasteiger partial charge in [-0.2, -0.15) is 0 Å². The molecule has 0 N–H and O–H groups in total. The number of rotatable bonds is 2. The maximum Gasteiger partial charge on any atom is 0.0718 e. The SMILES string of the molecule is c1ccc(-n2c(-c3ccncc3)cc3ccncc32)cc1. The average molecular weight is 271 g/mol. The Morgan fingerprint density at radius 1 is 0.762 bits per heavy atom. The van der Waals surface area contributed by atoms with Crippen LogP contribution < -0.4 is 0 Å². The lowest BCUT2D eigenvalue weighted by Gasteiger charge is -2.10. The summed E-state index contributed by atoms with van der Waals surface area (Å²) in [5.74, 6) is 0. The van der Waals surface area contributed by atoms with E-state index in [1.54, 1.807) is 0 Å². The lowest BCUT2D eigenvalue weighted by molar-refractivity contribution is 1.12. The lowest BCUT2D eigenvalue weighted by Crippen LogP contribution is -1.96. The minimum atomic E-state index is 1.11. The number of aromatic nitrogens is 3. The molecule has 4 rings (SSSR count). The van der Waals surface area contributed by atoms with Gasteiger partial charge in [0, 0.05) is 35.2 Å². The molecule has 3 heterocycles. The predicted molar refractivity (Wildman–Crippen MR) is 84.3 cm³/mol. The van der Waals surface area contributed by atoms with Gasteiger partial charge in [-0.05, 0) is 36.4 Å². The molecule has 0 aliphatic carbocycles. The summed E-state index contributed by atoms with van der Waals surface area (Å²) in [5, 5.41) is 1.18. The van der Waals surface area contributed by atoms with E-state index in [4.69, 9.17) is 0 Å². The molecule has 0 amide bonds. The van der Waals surface area contributed by atoms with Gasteiger partial charge in [0.25, 0.3) is 0 Å². The van der Waals surface area contributed by atoms with Gasteiger partial charge in [0.15, 0.2) is 0 Å². The molecular weight excluding hydrogens is 258 g/mol. The van der Waals surface area contributed by atoms with Crippen LogP contribution in [0, 0.1) is 0 Å². The van der Waals surface area contributed by atoms with E-state index in [9.17, 15) is 0 Å². The maximum atomic E-state index is 4.27. The summed E-state index contributed by atoms with van der Waals surface area (Å²) in [7, 11) is 0. The molecule has 0 atom stereocenters. The van der Waals surface area contributed by atoms with Gasteiger partial charge in [-0.3, -0.25) is 9.97 Å². The van der Waals surface area contributed by atoms with Crippen LogP contribution in [0.5, 0.6) is 0 Å². The van der Waals surface area contributed by atoms with E-state index in [2.05, 4.69) is 32.7 Å². The van der Waals surface area contributed by atoms with Crippen molar-refractivity contribution in [3.8, 4) is 16.9 Å². The van der Waals surface area contributed by atoms with Crippen LogP contribution >= 0.6 is 0 Å². The van der Waals surface area contributed by atoms with Crippen molar-refractivity contribution >= 4 is 10.9 Å². The van der Waals surface area contributed by atoms with Gasteiger partial charge in [-0.1, -0.05) is 18.2 Å². The molecule has 3 heteroatoms. The van der Waals surface area contributed by atoms with Gasteiger partial charge in [0.05, 0.1) is 17.4 Å². The van der Waals surface area contributed by atoms with Crippen molar-refractivity contribution in [3.63, 3.8) is 0 Å². The number of fused-ring (bicyclic) bond motifs is 1. The van der Waals surface area contributed by atoms with E-state index >= 15 is 0 Å². The number of hydrogen-bond donors (Lipinski definition) is 0. The molecule has 1 aromatic carbocycles. The summed E-state index contributed by atoms with van der Waals surface area (Å²) in [6.45, 7) is 0. The molecular formula is C18H13N3. The number of nitrogens with zero attached hydrogens (tertiary/aromatic N) is 3. The van der Waals surface area contributed by atoms with Crippen LogP contribution in [-0.4, -0.2) is 14.5 Å². The van der Waals surface area contributed by atoms with Crippen LogP contribution in [0.15, 0.2) is 79.4 Å². The second-order valence-electron chi connectivity index (χ2n) is 4.87. The molecule has 100 valence electrons. The standard InChI is InChI=1S/C18H13N3/c1-2-4-16(5-3-1)21-17(14-6-9-19-10-7-14)12-15-8-11-20-13-18(15)21/h1-13H. The molecule has 0 saturated heterocycles. The van der Waals surface area contributed by atoms with Gasteiger partial charge in [-0.25, -0.2) is 0 Å². The van der Waals surface area contributed by atoms with Crippen molar-refractivity contribution < 1.29 is 0 Å². The van der Waals surface area contributed by atoms with Gasteiger partial charge >= 0.3 is 0 Å².